The molecule has 1 aromatic carbocycles. The molecule has 1 unspecified atom stereocenters. The molecule has 104 valence electrons. The normalized spacial score (nSPS) is 18.9. The summed E-state index contributed by atoms with van der Waals surface area (Å²) in [5, 5.41) is 14.4. The monoisotopic (exact) mass is 266 g/mol. The summed E-state index contributed by atoms with van der Waals surface area (Å²) < 4.78 is 11.0. The Morgan fingerprint density at radius 3 is 2.89 bits per heavy atom. The van der Waals surface area contributed by atoms with Crippen LogP contribution in [0.3, 0.4) is 0 Å². The predicted molar refractivity (Wildman–Crippen MR) is 70.8 cm³/mol. The average molecular weight is 266 g/mol. The van der Waals surface area contributed by atoms with Crippen LogP contribution in [0.2, 0.25) is 0 Å². The van der Waals surface area contributed by atoms with E-state index in [2.05, 4.69) is 5.32 Å². The maximum Gasteiger partial charge on any atom is 0.352 e. The van der Waals surface area contributed by atoms with Crippen LogP contribution < -0.4 is 14.8 Å². The van der Waals surface area contributed by atoms with Gasteiger partial charge in [-0.2, -0.15) is 0 Å². The Kier molecular flexibility index (Phi) is 4.57. The topological polar surface area (TPSA) is 73.6 Å². The summed E-state index contributed by atoms with van der Waals surface area (Å²) in [5.74, 6) is 0.540. The molecule has 1 fully saturated rings. The van der Waals surface area contributed by atoms with Gasteiger partial charge in [0.25, 0.3) is 0 Å². The van der Waals surface area contributed by atoms with Crippen molar-refractivity contribution in [3.8, 4) is 11.5 Å². The number of nitro benzene ring substituents is 1. The molecule has 1 saturated heterocycles. The van der Waals surface area contributed by atoms with Gasteiger partial charge in [-0.15, -0.1) is 0 Å². The quantitative estimate of drug-likeness (QED) is 0.652. The van der Waals surface area contributed by atoms with Gasteiger partial charge in [0, 0.05) is 6.54 Å². The smallest absolute Gasteiger partial charge is 0.352 e. The minimum atomic E-state index is -0.448. The summed E-state index contributed by atoms with van der Waals surface area (Å²) in [5.41, 5.74) is -0.0880. The Hall–Kier alpha value is -1.82. The van der Waals surface area contributed by atoms with Crippen LogP contribution in [0.1, 0.15) is 19.8 Å². The van der Waals surface area contributed by atoms with Gasteiger partial charge in [-0.05, 0) is 38.4 Å². The summed E-state index contributed by atoms with van der Waals surface area (Å²) in [6.45, 7) is 3.87. The molecular weight excluding hydrogens is 248 g/mol. The third kappa shape index (κ3) is 3.35. The van der Waals surface area contributed by atoms with Crippen LogP contribution in [-0.2, 0) is 0 Å². The molecule has 0 aliphatic carbocycles. The van der Waals surface area contributed by atoms with Crippen LogP contribution >= 0.6 is 0 Å². The molecule has 6 nitrogen and oxygen atoms in total. The average Bonchev–Trinajstić information content (AvgIpc) is 2.40. The van der Waals surface area contributed by atoms with Crippen molar-refractivity contribution in [2.75, 3.05) is 19.7 Å². The lowest BCUT2D eigenvalue weighted by Crippen LogP contribution is -2.37. The number of nitrogens with one attached hydrogen (secondary N) is 1. The van der Waals surface area contributed by atoms with Gasteiger partial charge >= 0.3 is 5.69 Å². The zero-order valence-corrected chi connectivity index (χ0v) is 10.9. The van der Waals surface area contributed by atoms with Crippen molar-refractivity contribution in [3.05, 3.63) is 28.3 Å². The number of piperidine rings is 1. The molecule has 0 spiro atoms. The van der Waals surface area contributed by atoms with Crippen molar-refractivity contribution in [1.29, 1.82) is 0 Å². The molecule has 1 aromatic rings. The van der Waals surface area contributed by atoms with E-state index in [0.29, 0.717) is 6.61 Å². The van der Waals surface area contributed by atoms with Gasteiger partial charge in [0.05, 0.1) is 11.5 Å². The molecule has 0 amide bonds. The van der Waals surface area contributed by atoms with E-state index >= 15 is 0 Å². The molecular formula is C13H18N2O4. The first-order valence-electron chi connectivity index (χ1n) is 6.50. The Bertz CT molecular complexity index is 444. The summed E-state index contributed by atoms with van der Waals surface area (Å²) in [4.78, 5) is 10.7. The maximum absolute atomic E-state index is 11.2. The Morgan fingerprint density at radius 2 is 2.26 bits per heavy atom. The van der Waals surface area contributed by atoms with Gasteiger partial charge in [0.2, 0.25) is 11.5 Å². The number of ether oxygens (including phenoxy) is 2. The summed E-state index contributed by atoms with van der Waals surface area (Å²) in [6, 6.07) is 4.92. The van der Waals surface area contributed by atoms with Gasteiger partial charge in [0.1, 0.15) is 6.10 Å². The lowest BCUT2D eigenvalue weighted by Gasteiger charge is -2.23. The maximum atomic E-state index is 11.2. The number of benzene rings is 1. The van der Waals surface area contributed by atoms with Crippen LogP contribution in [0.25, 0.3) is 0 Å². The van der Waals surface area contributed by atoms with Crippen LogP contribution in [0.5, 0.6) is 11.5 Å². The first-order valence-corrected chi connectivity index (χ1v) is 6.50. The minimum absolute atomic E-state index is 0.0238. The largest absolute Gasteiger partial charge is 0.487 e. The zero-order chi connectivity index (χ0) is 13.7. The third-order valence-corrected chi connectivity index (χ3v) is 2.99. The minimum Gasteiger partial charge on any atom is -0.487 e. The molecule has 1 heterocycles. The highest BCUT2D eigenvalue weighted by molar-refractivity contribution is 5.57. The molecule has 1 aliphatic rings. The van der Waals surface area contributed by atoms with Crippen molar-refractivity contribution in [2.45, 2.75) is 25.9 Å². The summed E-state index contributed by atoms with van der Waals surface area (Å²) in [6.07, 6.45) is 1.90. The molecule has 6 heteroatoms. The third-order valence-electron chi connectivity index (χ3n) is 2.99. The molecule has 0 radical (unpaired) electrons. The van der Waals surface area contributed by atoms with Gasteiger partial charge in [0.15, 0.2) is 0 Å². The van der Waals surface area contributed by atoms with Crippen molar-refractivity contribution in [2.24, 2.45) is 0 Å². The lowest BCUT2D eigenvalue weighted by molar-refractivity contribution is -0.387. The molecule has 1 atom stereocenters. The van der Waals surface area contributed by atoms with Crippen molar-refractivity contribution >= 4 is 5.69 Å². The Balaban J connectivity index is 2.22. The number of para-hydroxylation sites is 1. The number of hydrogen-bond donors (Lipinski definition) is 1. The highest BCUT2D eigenvalue weighted by atomic mass is 16.6. The first-order chi connectivity index (χ1) is 9.22. The second kappa shape index (κ2) is 6.38. The van der Waals surface area contributed by atoms with Gasteiger partial charge in [-0.1, -0.05) is 6.07 Å². The van der Waals surface area contributed by atoms with Crippen LogP contribution in [0.4, 0.5) is 5.69 Å². The second-order valence-corrected chi connectivity index (χ2v) is 4.38. The van der Waals surface area contributed by atoms with Gasteiger partial charge in [-0.25, -0.2) is 0 Å². The van der Waals surface area contributed by atoms with Crippen LogP contribution in [-0.4, -0.2) is 30.7 Å². The number of nitrogens with zero attached hydrogens (tertiary/aromatic N) is 1. The van der Waals surface area contributed by atoms with Crippen LogP contribution in [0, 0.1) is 10.1 Å². The summed E-state index contributed by atoms with van der Waals surface area (Å²) >= 11 is 0. The summed E-state index contributed by atoms with van der Waals surface area (Å²) in [7, 11) is 0. The SMILES string of the molecule is CCOc1cccc(OC2CCCNC2)c1[N+](=O)[O-]. The van der Waals surface area contributed by atoms with Gasteiger partial charge in [-0.3, -0.25) is 10.1 Å². The van der Waals surface area contributed by atoms with E-state index in [1.165, 1.54) is 0 Å². The molecule has 19 heavy (non-hydrogen) atoms. The van der Waals surface area contributed by atoms with E-state index in [4.69, 9.17) is 9.47 Å². The molecule has 0 aromatic heterocycles. The predicted octanol–water partition coefficient (Wildman–Crippen LogP) is 2.12. The second-order valence-electron chi connectivity index (χ2n) is 4.38. The van der Waals surface area contributed by atoms with Crippen molar-refractivity contribution in [1.82, 2.24) is 5.32 Å². The highest BCUT2D eigenvalue weighted by Gasteiger charge is 2.25. The number of hydrogen-bond acceptors (Lipinski definition) is 5. The van der Waals surface area contributed by atoms with E-state index in [-0.39, 0.29) is 23.3 Å². The first kappa shape index (κ1) is 13.6. The van der Waals surface area contributed by atoms with Crippen molar-refractivity contribution in [3.63, 3.8) is 0 Å². The highest BCUT2D eigenvalue weighted by Crippen LogP contribution is 2.37. The van der Waals surface area contributed by atoms with E-state index < -0.39 is 4.92 Å². The standard InChI is InChI=1S/C13H18N2O4/c1-2-18-11-6-3-7-12(13(11)15(16)17)19-10-5-4-8-14-9-10/h3,6-7,10,14H,2,4-5,8-9H2,1H3. The Labute approximate surface area is 111 Å². The molecule has 0 bridgehead atoms. The fourth-order valence-corrected chi connectivity index (χ4v) is 2.15. The molecule has 1 aliphatic heterocycles. The van der Waals surface area contributed by atoms with E-state index in [1.807, 2.05) is 0 Å². The van der Waals surface area contributed by atoms with E-state index in [9.17, 15) is 10.1 Å². The van der Waals surface area contributed by atoms with Crippen molar-refractivity contribution < 1.29 is 14.4 Å². The lowest BCUT2D eigenvalue weighted by atomic mass is 10.1. The van der Waals surface area contributed by atoms with E-state index in [0.717, 1.165) is 25.9 Å². The molecule has 0 saturated carbocycles. The Morgan fingerprint density at radius 1 is 1.47 bits per heavy atom. The number of rotatable bonds is 5. The fraction of sp³-hybridized carbons (Fsp3) is 0.538. The molecule has 2 rings (SSSR count). The number of nitro groups is 1. The van der Waals surface area contributed by atoms with E-state index in [1.54, 1.807) is 25.1 Å². The fourth-order valence-electron chi connectivity index (χ4n) is 2.15. The van der Waals surface area contributed by atoms with Gasteiger partial charge < -0.3 is 14.8 Å². The van der Waals surface area contributed by atoms with Crippen LogP contribution in [0.15, 0.2) is 18.2 Å². The molecule has 1 N–H and O–H groups in total. The zero-order valence-electron chi connectivity index (χ0n) is 10.9.